The molecule has 1 N–H and O–H groups in total. The lowest BCUT2D eigenvalue weighted by Gasteiger charge is -2.07. The average molecular weight is 274 g/mol. The average Bonchev–Trinajstić information content (AvgIpc) is 2.42. The van der Waals surface area contributed by atoms with Crippen LogP contribution in [-0.2, 0) is 13.2 Å². The van der Waals surface area contributed by atoms with Crippen molar-refractivity contribution in [2.75, 3.05) is 0 Å². The first-order valence-corrected chi connectivity index (χ1v) is 6.06. The SMILES string of the molecule is Cc1ccn(Cc2ccc(CO)cc2)c(=O)c1[N+](=O)[O-]. The lowest BCUT2D eigenvalue weighted by atomic mass is 10.1. The molecule has 104 valence electrons. The third-order valence-electron chi connectivity index (χ3n) is 3.08. The van der Waals surface area contributed by atoms with Crippen molar-refractivity contribution < 1.29 is 10.0 Å². The largest absolute Gasteiger partial charge is 0.392 e. The third-order valence-corrected chi connectivity index (χ3v) is 3.08. The second-order valence-electron chi connectivity index (χ2n) is 4.51. The predicted octanol–water partition coefficient (Wildman–Crippen LogP) is 1.61. The normalized spacial score (nSPS) is 10.5. The van der Waals surface area contributed by atoms with E-state index in [0.29, 0.717) is 5.56 Å². The van der Waals surface area contributed by atoms with E-state index in [1.165, 1.54) is 4.57 Å². The highest BCUT2D eigenvalue weighted by atomic mass is 16.6. The number of pyridine rings is 1. The van der Waals surface area contributed by atoms with E-state index in [2.05, 4.69) is 0 Å². The number of hydrogen-bond donors (Lipinski definition) is 1. The summed E-state index contributed by atoms with van der Waals surface area (Å²) in [5, 5.41) is 19.9. The number of hydrogen-bond acceptors (Lipinski definition) is 4. The Balaban J connectivity index is 2.36. The second kappa shape index (κ2) is 5.66. The molecule has 0 unspecified atom stereocenters. The molecule has 6 nitrogen and oxygen atoms in total. The van der Waals surface area contributed by atoms with Crippen molar-refractivity contribution in [3.63, 3.8) is 0 Å². The molecular weight excluding hydrogens is 260 g/mol. The van der Waals surface area contributed by atoms with Gasteiger partial charge in [-0.15, -0.1) is 0 Å². The van der Waals surface area contributed by atoms with E-state index in [4.69, 9.17) is 5.11 Å². The zero-order valence-electron chi connectivity index (χ0n) is 10.9. The van der Waals surface area contributed by atoms with E-state index in [1.54, 1.807) is 43.5 Å². The number of nitrogens with zero attached hydrogens (tertiary/aromatic N) is 2. The molecule has 20 heavy (non-hydrogen) atoms. The summed E-state index contributed by atoms with van der Waals surface area (Å²) < 4.78 is 1.30. The quantitative estimate of drug-likeness (QED) is 0.678. The third kappa shape index (κ3) is 2.75. The molecule has 0 aliphatic carbocycles. The maximum absolute atomic E-state index is 12.0. The van der Waals surface area contributed by atoms with Gasteiger partial charge in [-0.1, -0.05) is 24.3 Å². The Labute approximate surface area is 115 Å². The van der Waals surface area contributed by atoms with E-state index in [1.807, 2.05) is 0 Å². The topological polar surface area (TPSA) is 85.4 Å². The summed E-state index contributed by atoms with van der Waals surface area (Å²) in [4.78, 5) is 22.3. The van der Waals surface area contributed by atoms with E-state index in [-0.39, 0.29) is 18.8 Å². The highest BCUT2D eigenvalue weighted by molar-refractivity contribution is 5.36. The Morgan fingerprint density at radius 3 is 2.35 bits per heavy atom. The number of aliphatic hydroxyl groups excluding tert-OH is 1. The van der Waals surface area contributed by atoms with Gasteiger partial charge < -0.3 is 9.67 Å². The summed E-state index contributed by atoms with van der Waals surface area (Å²) in [7, 11) is 0. The summed E-state index contributed by atoms with van der Waals surface area (Å²) in [6.45, 7) is 1.75. The van der Waals surface area contributed by atoms with Crippen molar-refractivity contribution in [3.8, 4) is 0 Å². The second-order valence-corrected chi connectivity index (χ2v) is 4.51. The highest BCUT2D eigenvalue weighted by Gasteiger charge is 2.18. The molecule has 0 bridgehead atoms. The first-order chi connectivity index (χ1) is 9.52. The lowest BCUT2D eigenvalue weighted by Crippen LogP contribution is -2.23. The molecule has 0 fully saturated rings. The molecule has 0 aliphatic rings. The van der Waals surface area contributed by atoms with Crippen LogP contribution in [0.15, 0.2) is 41.3 Å². The highest BCUT2D eigenvalue weighted by Crippen LogP contribution is 2.12. The minimum atomic E-state index is -0.650. The van der Waals surface area contributed by atoms with Gasteiger partial charge in [0.25, 0.3) is 0 Å². The molecule has 0 saturated carbocycles. The molecule has 1 aromatic carbocycles. The van der Waals surface area contributed by atoms with Gasteiger partial charge in [0, 0.05) is 11.8 Å². The molecule has 0 aliphatic heterocycles. The zero-order valence-corrected chi connectivity index (χ0v) is 10.9. The van der Waals surface area contributed by atoms with Crippen LogP contribution in [-0.4, -0.2) is 14.6 Å². The molecule has 0 radical (unpaired) electrons. The molecule has 0 atom stereocenters. The molecule has 1 heterocycles. The van der Waals surface area contributed by atoms with Gasteiger partial charge in [0.15, 0.2) is 0 Å². The van der Waals surface area contributed by atoms with Crippen LogP contribution in [0.1, 0.15) is 16.7 Å². The summed E-state index contributed by atoms with van der Waals surface area (Å²) in [6.07, 6.45) is 1.55. The van der Waals surface area contributed by atoms with Gasteiger partial charge in [-0.25, -0.2) is 0 Å². The van der Waals surface area contributed by atoms with Gasteiger partial charge in [0.2, 0.25) is 0 Å². The van der Waals surface area contributed by atoms with Gasteiger partial charge in [-0.2, -0.15) is 0 Å². The first kappa shape index (κ1) is 14.0. The molecule has 1 aromatic heterocycles. The molecule has 0 amide bonds. The predicted molar refractivity (Wildman–Crippen MR) is 73.6 cm³/mol. The number of benzene rings is 1. The Bertz CT molecular complexity index is 689. The zero-order chi connectivity index (χ0) is 14.7. The number of rotatable bonds is 4. The van der Waals surface area contributed by atoms with Crippen molar-refractivity contribution in [1.82, 2.24) is 4.57 Å². The molecular formula is C14H14N2O4. The molecule has 2 rings (SSSR count). The Morgan fingerprint density at radius 1 is 1.20 bits per heavy atom. The van der Waals surface area contributed by atoms with Crippen LogP contribution in [0.3, 0.4) is 0 Å². The lowest BCUT2D eigenvalue weighted by molar-refractivity contribution is -0.387. The van der Waals surface area contributed by atoms with Gasteiger partial charge in [-0.05, 0) is 24.1 Å². The fraction of sp³-hybridized carbons (Fsp3) is 0.214. The summed E-state index contributed by atoms with van der Waals surface area (Å²) in [6, 6.07) is 8.63. The van der Waals surface area contributed by atoms with Gasteiger partial charge >= 0.3 is 11.2 Å². The van der Waals surface area contributed by atoms with Crippen LogP contribution >= 0.6 is 0 Å². The minimum absolute atomic E-state index is 0.0454. The Kier molecular flexibility index (Phi) is 3.95. The van der Waals surface area contributed by atoms with Crippen LogP contribution in [0.25, 0.3) is 0 Å². The number of nitro groups is 1. The fourth-order valence-corrected chi connectivity index (χ4v) is 1.95. The molecule has 0 spiro atoms. The molecule has 0 saturated heterocycles. The first-order valence-electron chi connectivity index (χ1n) is 6.06. The monoisotopic (exact) mass is 274 g/mol. The van der Waals surface area contributed by atoms with Gasteiger partial charge in [-0.3, -0.25) is 14.9 Å². The maximum atomic E-state index is 12.0. The van der Waals surface area contributed by atoms with Crippen LogP contribution in [0.2, 0.25) is 0 Å². The number of aryl methyl sites for hydroxylation is 1. The number of aromatic nitrogens is 1. The van der Waals surface area contributed by atoms with E-state index >= 15 is 0 Å². The van der Waals surface area contributed by atoms with Gasteiger partial charge in [0.05, 0.1) is 18.1 Å². The maximum Gasteiger partial charge on any atom is 0.336 e. The van der Waals surface area contributed by atoms with Crippen molar-refractivity contribution >= 4 is 5.69 Å². The molecule has 6 heteroatoms. The van der Waals surface area contributed by atoms with E-state index < -0.39 is 10.5 Å². The summed E-state index contributed by atoms with van der Waals surface area (Å²) >= 11 is 0. The van der Waals surface area contributed by atoms with Crippen LogP contribution < -0.4 is 5.56 Å². The van der Waals surface area contributed by atoms with Crippen molar-refractivity contribution in [2.45, 2.75) is 20.1 Å². The van der Waals surface area contributed by atoms with Crippen LogP contribution in [0.5, 0.6) is 0 Å². The summed E-state index contributed by atoms with van der Waals surface area (Å²) in [5.74, 6) is 0. The van der Waals surface area contributed by atoms with Crippen LogP contribution in [0, 0.1) is 17.0 Å². The van der Waals surface area contributed by atoms with Crippen molar-refractivity contribution in [3.05, 3.63) is 73.7 Å². The summed E-state index contributed by atoms with van der Waals surface area (Å²) in [5.41, 5.74) is 0.964. The van der Waals surface area contributed by atoms with Crippen molar-refractivity contribution in [2.24, 2.45) is 0 Å². The Hall–Kier alpha value is -2.47. The van der Waals surface area contributed by atoms with E-state index in [0.717, 1.165) is 11.1 Å². The van der Waals surface area contributed by atoms with Crippen molar-refractivity contribution in [1.29, 1.82) is 0 Å². The standard InChI is InChI=1S/C14H14N2O4/c1-10-6-7-15(14(18)13(10)16(19)20)8-11-2-4-12(9-17)5-3-11/h2-7,17H,8-9H2,1H3. The Morgan fingerprint density at radius 2 is 1.80 bits per heavy atom. The van der Waals surface area contributed by atoms with Crippen LogP contribution in [0.4, 0.5) is 5.69 Å². The van der Waals surface area contributed by atoms with Gasteiger partial charge in [0.1, 0.15) is 0 Å². The van der Waals surface area contributed by atoms with E-state index in [9.17, 15) is 14.9 Å². The number of aliphatic hydroxyl groups is 1. The minimum Gasteiger partial charge on any atom is -0.392 e. The molecule has 2 aromatic rings. The smallest absolute Gasteiger partial charge is 0.336 e. The fourth-order valence-electron chi connectivity index (χ4n) is 1.95.